The van der Waals surface area contributed by atoms with Crippen LogP contribution in [-0.2, 0) is 0 Å². The lowest BCUT2D eigenvalue weighted by Crippen LogP contribution is -2.13. The minimum absolute atomic E-state index is 0.366. The van der Waals surface area contributed by atoms with Gasteiger partial charge in [0.15, 0.2) is 5.16 Å². The van der Waals surface area contributed by atoms with Crippen LogP contribution in [0, 0.1) is 0 Å². The van der Waals surface area contributed by atoms with Crippen molar-refractivity contribution in [3.63, 3.8) is 0 Å². The fourth-order valence-electron chi connectivity index (χ4n) is 1.57. The molecule has 2 aromatic rings. The van der Waals surface area contributed by atoms with E-state index in [0.717, 1.165) is 5.56 Å². The van der Waals surface area contributed by atoms with E-state index in [0.29, 0.717) is 22.7 Å². The van der Waals surface area contributed by atoms with Crippen LogP contribution < -0.4 is 5.32 Å². The molecule has 4 nitrogen and oxygen atoms in total. The molecule has 0 saturated heterocycles. The molecule has 2 rings (SSSR count). The number of thioether (sulfide) groups is 1. The Morgan fingerprint density at radius 2 is 2.05 bits per heavy atom. The molecule has 6 heteroatoms. The van der Waals surface area contributed by atoms with Gasteiger partial charge in [0.25, 0.3) is 0 Å². The summed E-state index contributed by atoms with van der Waals surface area (Å²) in [5.74, 6) is 0.610. The van der Waals surface area contributed by atoms with Crippen molar-refractivity contribution in [2.24, 2.45) is 0 Å². The molecular weight excluding hydrogens is 282 g/mol. The van der Waals surface area contributed by atoms with Crippen molar-refractivity contribution in [3.8, 4) is 0 Å². The van der Waals surface area contributed by atoms with E-state index in [1.165, 1.54) is 11.8 Å². The molecule has 0 aliphatic rings. The number of halogens is 1. The van der Waals surface area contributed by atoms with Gasteiger partial charge in [0.05, 0.1) is 6.10 Å². The van der Waals surface area contributed by atoms with Gasteiger partial charge >= 0.3 is 0 Å². The second kappa shape index (κ2) is 6.75. The number of benzene rings is 1. The summed E-state index contributed by atoms with van der Waals surface area (Å²) in [6.45, 7) is 0.366. The Bertz CT molecular complexity index is 539. The molecule has 1 heterocycles. The highest BCUT2D eigenvalue weighted by atomic mass is 35.5. The third-order valence-electron chi connectivity index (χ3n) is 2.52. The van der Waals surface area contributed by atoms with E-state index in [-0.39, 0.29) is 0 Å². The molecule has 0 spiro atoms. The van der Waals surface area contributed by atoms with Crippen molar-refractivity contribution >= 4 is 29.2 Å². The Morgan fingerprint density at radius 1 is 1.32 bits per heavy atom. The van der Waals surface area contributed by atoms with Crippen molar-refractivity contribution < 1.29 is 5.11 Å². The van der Waals surface area contributed by atoms with Gasteiger partial charge in [-0.15, -0.1) is 0 Å². The molecular formula is C13H14ClN3OS. The molecule has 0 amide bonds. The summed E-state index contributed by atoms with van der Waals surface area (Å²) in [6, 6.07) is 11.1. The fraction of sp³-hybridized carbons (Fsp3) is 0.231. The summed E-state index contributed by atoms with van der Waals surface area (Å²) in [4.78, 5) is 8.32. The largest absolute Gasteiger partial charge is 0.387 e. The third-order valence-corrected chi connectivity index (χ3v) is 3.26. The molecule has 0 bridgehead atoms. The van der Waals surface area contributed by atoms with E-state index in [2.05, 4.69) is 15.3 Å². The molecule has 1 aromatic heterocycles. The van der Waals surface area contributed by atoms with Crippen LogP contribution in [0.4, 0.5) is 5.82 Å². The first kappa shape index (κ1) is 14.1. The second-order valence-corrected chi connectivity index (χ2v) is 5.03. The Balaban J connectivity index is 2.01. The third kappa shape index (κ3) is 4.09. The Kier molecular flexibility index (Phi) is 5.01. The highest BCUT2D eigenvalue weighted by Gasteiger charge is 2.08. The topological polar surface area (TPSA) is 58.0 Å². The number of rotatable bonds is 5. The SMILES string of the molecule is CSc1nc(Cl)cc(NCC(O)c2ccccc2)n1. The zero-order chi connectivity index (χ0) is 13.7. The first-order chi connectivity index (χ1) is 9.19. The van der Waals surface area contributed by atoms with Crippen molar-refractivity contribution in [1.82, 2.24) is 9.97 Å². The van der Waals surface area contributed by atoms with E-state index in [9.17, 15) is 5.11 Å². The van der Waals surface area contributed by atoms with E-state index in [4.69, 9.17) is 11.6 Å². The second-order valence-electron chi connectivity index (χ2n) is 3.87. The van der Waals surface area contributed by atoms with Gasteiger partial charge < -0.3 is 10.4 Å². The Morgan fingerprint density at radius 3 is 2.74 bits per heavy atom. The summed E-state index contributed by atoms with van der Waals surface area (Å²) in [5.41, 5.74) is 0.861. The van der Waals surface area contributed by atoms with Gasteiger partial charge in [0, 0.05) is 12.6 Å². The monoisotopic (exact) mass is 295 g/mol. The highest BCUT2D eigenvalue weighted by molar-refractivity contribution is 7.98. The summed E-state index contributed by atoms with van der Waals surface area (Å²) in [6.07, 6.45) is 1.29. The summed E-state index contributed by atoms with van der Waals surface area (Å²) in [5, 5.41) is 14.1. The Labute approximate surface area is 121 Å². The van der Waals surface area contributed by atoms with Crippen LogP contribution in [0.5, 0.6) is 0 Å². The van der Waals surface area contributed by atoms with Crippen LogP contribution in [0.25, 0.3) is 0 Å². The number of hydrogen-bond acceptors (Lipinski definition) is 5. The van der Waals surface area contributed by atoms with Gasteiger partial charge in [-0.25, -0.2) is 9.97 Å². The number of anilines is 1. The minimum Gasteiger partial charge on any atom is -0.387 e. The van der Waals surface area contributed by atoms with Crippen LogP contribution in [0.3, 0.4) is 0 Å². The molecule has 100 valence electrons. The zero-order valence-electron chi connectivity index (χ0n) is 10.4. The smallest absolute Gasteiger partial charge is 0.190 e. The maximum Gasteiger partial charge on any atom is 0.190 e. The molecule has 1 unspecified atom stereocenters. The lowest BCUT2D eigenvalue weighted by atomic mass is 10.1. The normalized spacial score (nSPS) is 12.2. The maximum atomic E-state index is 10.0. The predicted molar refractivity (Wildman–Crippen MR) is 78.7 cm³/mol. The van der Waals surface area contributed by atoms with Gasteiger partial charge in [-0.3, -0.25) is 0 Å². The molecule has 19 heavy (non-hydrogen) atoms. The van der Waals surface area contributed by atoms with Crippen LogP contribution in [-0.4, -0.2) is 27.9 Å². The van der Waals surface area contributed by atoms with Crippen molar-refractivity contribution in [3.05, 3.63) is 47.1 Å². The van der Waals surface area contributed by atoms with Gasteiger partial charge in [0.1, 0.15) is 11.0 Å². The number of nitrogens with one attached hydrogen (secondary N) is 1. The molecule has 1 aromatic carbocycles. The molecule has 2 N–H and O–H groups in total. The van der Waals surface area contributed by atoms with Gasteiger partial charge in [-0.2, -0.15) is 0 Å². The van der Waals surface area contributed by atoms with Crippen LogP contribution in [0.2, 0.25) is 5.15 Å². The number of hydrogen-bond donors (Lipinski definition) is 2. The van der Waals surface area contributed by atoms with Crippen molar-refractivity contribution in [2.75, 3.05) is 18.1 Å². The number of aliphatic hydroxyl groups is 1. The number of nitrogens with zero attached hydrogens (tertiary/aromatic N) is 2. The number of aliphatic hydroxyl groups excluding tert-OH is 1. The van der Waals surface area contributed by atoms with Crippen molar-refractivity contribution in [2.45, 2.75) is 11.3 Å². The van der Waals surface area contributed by atoms with E-state index >= 15 is 0 Å². The van der Waals surface area contributed by atoms with E-state index < -0.39 is 6.10 Å². The zero-order valence-corrected chi connectivity index (χ0v) is 11.9. The first-order valence-electron chi connectivity index (χ1n) is 5.74. The number of aromatic nitrogens is 2. The molecule has 0 radical (unpaired) electrons. The average molecular weight is 296 g/mol. The molecule has 0 saturated carbocycles. The van der Waals surface area contributed by atoms with Crippen molar-refractivity contribution in [1.29, 1.82) is 0 Å². The highest BCUT2D eigenvalue weighted by Crippen LogP contribution is 2.18. The van der Waals surface area contributed by atoms with Gasteiger partial charge in [-0.1, -0.05) is 53.7 Å². The summed E-state index contributed by atoms with van der Waals surface area (Å²) < 4.78 is 0. The maximum absolute atomic E-state index is 10.0. The van der Waals surface area contributed by atoms with Gasteiger partial charge in [-0.05, 0) is 11.8 Å². The lowest BCUT2D eigenvalue weighted by molar-refractivity contribution is 0.191. The lowest BCUT2D eigenvalue weighted by Gasteiger charge is -2.13. The van der Waals surface area contributed by atoms with Crippen LogP contribution >= 0.6 is 23.4 Å². The summed E-state index contributed by atoms with van der Waals surface area (Å²) >= 11 is 7.31. The molecule has 0 aliphatic heterocycles. The fourth-order valence-corrected chi connectivity index (χ4v) is 2.19. The Hall–Kier alpha value is -1.30. The van der Waals surface area contributed by atoms with Gasteiger partial charge in [0.2, 0.25) is 0 Å². The molecule has 0 aliphatic carbocycles. The first-order valence-corrected chi connectivity index (χ1v) is 7.35. The van der Waals surface area contributed by atoms with E-state index in [1.807, 2.05) is 36.6 Å². The predicted octanol–water partition coefficient (Wildman–Crippen LogP) is 3.00. The van der Waals surface area contributed by atoms with E-state index in [1.54, 1.807) is 6.07 Å². The minimum atomic E-state index is -0.590. The molecule has 0 fully saturated rings. The molecule has 1 atom stereocenters. The summed E-state index contributed by atoms with van der Waals surface area (Å²) in [7, 11) is 0. The van der Waals surface area contributed by atoms with Crippen LogP contribution in [0.1, 0.15) is 11.7 Å². The average Bonchev–Trinajstić information content (AvgIpc) is 2.45. The standard InChI is InChI=1S/C13H14ClN3OS/c1-19-13-16-11(14)7-12(17-13)15-8-10(18)9-5-3-2-4-6-9/h2-7,10,18H,8H2,1H3,(H,15,16,17). The van der Waals surface area contributed by atoms with Crippen LogP contribution in [0.15, 0.2) is 41.6 Å². The quantitative estimate of drug-likeness (QED) is 0.504.